The summed E-state index contributed by atoms with van der Waals surface area (Å²) in [6.45, 7) is 14.7. The molecule has 5 rings (SSSR count). The Bertz CT molecular complexity index is 1630. The number of aromatic nitrogens is 6. The summed E-state index contributed by atoms with van der Waals surface area (Å²) in [7, 11) is -3.98. The Labute approximate surface area is 289 Å². The number of aryl methyl sites for hydroxylation is 1. The number of nitrogens with one attached hydrogen (secondary N) is 1. The van der Waals surface area contributed by atoms with Crippen molar-refractivity contribution in [2.45, 2.75) is 123 Å². The van der Waals surface area contributed by atoms with Crippen LogP contribution in [-0.2, 0) is 37.3 Å². The number of hydrogen-bond donors (Lipinski definition) is 1. The van der Waals surface area contributed by atoms with E-state index >= 15 is 0 Å². The maximum atomic E-state index is 14.4. The number of anilines is 1. The second-order valence-electron chi connectivity index (χ2n) is 13.2. The van der Waals surface area contributed by atoms with E-state index in [1.165, 1.54) is 6.33 Å². The second kappa shape index (κ2) is 15.2. The zero-order valence-electron chi connectivity index (χ0n) is 29.0. The van der Waals surface area contributed by atoms with Gasteiger partial charge < -0.3 is 37.1 Å². The Morgan fingerprint density at radius 2 is 1.78 bits per heavy atom. The van der Waals surface area contributed by atoms with Gasteiger partial charge in [0.1, 0.15) is 23.9 Å². The van der Waals surface area contributed by atoms with Gasteiger partial charge in [0.25, 0.3) is 5.89 Å². The van der Waals surface area contributed by atoms with Crippen LogP contribution in [0.5, 0.6) is 0 Å². The van der Waals surface area contributed by atoms with Crippen molar-refractivity contribution in [3.8, 4) is 0 Å². The van der Waals surface area contributed by atoms with E-state index in [9.17, 15) is 9.36 Å². The van der Waals surface area contributed by atoms with Gasteiger partial charge in [-0.15, -0.1) is 10.2 Å². The van der Waals surface area contributed by atoms with Crippen LogP contribution in [0.1, 0.15) is 98.0 Å². The highest BCUT2D eigenvalue weighted by atomic mass is 35.5. The molecule has 19 heteroatoms. The molecule has 5 atom stereocenters. The highest BCUT2D eigenvalue weighted by Gasteiger charge is 2.57. The van der Waals surface area contributed by atoms with Crippen molar-refractivity contribution in [1.82, 2.24) is 29.7 Å². The van der Waals surface area contributed by atoms with E-state index in [0.29, 0.717) is 12.8 Å². The molecule has 0 radical (unpaired) electrons. The normalized spacial score (nSPS) is 22.8. The first-order chi connectivity index (χ1) is 23.1. The van der Waals surface area contributed by atoms with Crippen LogP contribution in [0.3, 0.4) is 0 Å². The SMILES string of the molecule is CCCCOP(=O)(OCCCC)C(OC[C@H]1O[C@@H](n2cnc3c(NC(=O)OC(C)(C)C)nc(Cl)nc32)[C@@H]2OC(C)(C)O[C@@H]21)c1nnc(C)o1. The molecule has 2 aliphatic rings. The van der Waals surface area contributed by atoms with Crippen LogP contribution in [0.2, 0.25) is 5.28 Å². The molecule has 0 bridgehead atoms. The monoisotopic (exact) mass is 729 g/mol. The van der Waals surface area contributed by atoms with E-state index in [2.05, 4.69) is 30.5 Å². The number of imidazole rings is 1. The topological polar surface area (TPSA) is 193 Å². The Kier molecular flexibility index (Phi) is 11.7. The van der Waals surface area contributed by atoms with Crippen molar-refractivity contribution >= 4 is 42.3 Å². The molecule has 2 aliphatic heterocycles. The molecule has 0 aromatic carbocycles. The summed E-state index contributed by atoms with van der Waals surface area (Å²) >= 11 is 6.30. The molecule has 2 fully saturated rings. The maximum absolute atomic E-state index is 14.4. The molecular formula is C30H45ClN7O10P. The number of ether oxygens (including phenoxy) is 5. The van der Waals surface area contributed by atoms with Gasteiger partial charge in [0.15, 0.2) is 29.0 Å². The van der Waals surface area contributed by atoms with Gasteiger partial charge in [0.2, 0.25) is 17.0 Å². The Morgan fingerprint density at radius 3 is 2.39 bits per heavy atom. The zero-order chi connectivity index (χ0) is 35.6. The fraction of sp³-hybridized carbons (Fsp3) is 0.733. The van der Waals surface area contributed by atoms with Crippen LogP contribution in [0, 0.1) is 6.92 Å². The molecule has 5 heterocycles. The minimum absolute atomic E-state index is 0.0409. The van der Waals surface area contributed by atoms with Gasteiger partial charge in [0, 0.05) is 6.92 Å². The van der Waals surface area contributed by atoms with E-state index in [0.717, 1.165) is 12.8 Å². The Morgan fingerprint density at radius 1 is 1.10 bits per heavy atom. The van der Waals surface area contributed by atoms with Gasteiger partial charge in [-0.05, 0) is 59.1 Å². The van der Waals surface area contributed by atoms with Crippen molar-refractivity contribution in [3.05, 3.63) is 23.4 Å². The molecule has 272 valence electrons. The minimum Gasteiger partial charge on any atom is -0.444 e. The first kappa shape index (κ1) is 37.5. The number of carbonyl (C=O) groups excluding carboxylic acids is 1. The third kappa shape index (κ3) is 8.95. The number of amides is 1. The first-order valence-electron chi connectivity index (χ1n) is 16.3. The van der Waals surface area contributed by atoms with Crippen molar-refractivity contribution in [3.63, 3.8) is 0 Å². The lowest BCUT2D eigenvalue weighted by Gasteiger charge is -2.27. The number of hydrogen-bond acceptors (Lipinski definition) is 15. The van der Waals surface area contributed by atoms with Gasteiger partial charge in [-0.1, -0.05) is 26.7 Å². The number of rotatable bonds is 15. The summed E-state index contributed by atoms with van der Waals surface area (Å²) in [6.07, 6.45) is 0.844. The molecule has 17 nitrogen and oxygen atoms in total. The molecule has 3 aromatic heterocycles. The molecule has 1 unspecified atom stereocenters. The van der Waals surface area contributed by atoms with Crippen LogP contribution in [0.15, 0.2) is 10.7 Å². The maximum Gasteiger partial charge on any atom is 0.413 e. The summed E-state index contributed by atoms with van der Waals surface area (Å²) < 4.78 is 64.2. The van der Waals surface area contributed by atoms with Gasteiger partial charge in [0.05, 0.1) is 26.1 Å². The minimum atomic E-state index is -3.98. The first-order valence-corrected chi connectivity index (χ1v) is 18.3. The van der Waals surface area contributed by atoms with E-state index in [4.69, 9.17) is 48.7 Å². The third-order valence-electron chi connectivity index (χ3n) is 7.41. The van der Waals surface area contributed by atoms with E-state index < -0.39 is 55.5 Å². The quantitative estimate of drug-likeness (QED) is 0.101. The predicted molar refractivity (Wildman–Crippen MR) is 175 cm³/mol. The highest BCUT2D eigenvalue weighted by molar-refractivity contribution is 7.54. The second-order valence-corrected chi connectivity index (χ2v) is 15.6. The Balaban J connectivity index is 1.43. The van der Waals surface area contributed by atoms with Gasteiger partial charge in [-0.2, -0.15) is 9.97 Å². The van der Waals surface area contributed by atoms with Crippen molar-refractivity contribution in [2.75, 3.05) is 25.1 Å². The van der Waals surface area contributed by atoms with E-state index in [1.807, 2.05) is 13.8 Å². The predicted octanol–water partition coefficient (Wildman–Crippen LogP) is 6.48. The number of carbonyl (C=O) groups is 1. The molecule has 0 saturated carbocycles. The van der Waals surface area contributed by atoms with Gasteiger partial charge in [-0.3, -0.25) is 14.4 Å². The number of unbranched alkanes of at least 4 members (excludes halogenated alkanes) is 2. The molecule has 0 spiro atoms. The Hall–Kier alpha value is -2.76. The number of halogens is 1. The summed E-state index contributed by atoms with van der Waals surface area (Å²) in [4.78, 5) is 25.5. The average Bonchev–Trinajstić information content (AvgIpc) is 3.76. The van der Waals surface area contributed by atoms with Crippen LogP contribution in [0.25, 0.3) is 11.2 Å². The lowest BCUT2D eigenvalue weighted by Crippen LogP contribution is -2.33. The summed E-state index contributed by atoms with van der Waals surface area (Å²) in [5.74, 6) is -2.04. The van der Waals surface area contributed by atoms with Crippen LogP contribution >= 0.6 is 19.2 Å². The fourth-order valence-corrected chi connectivity index (χ4v) is 7.24. The number of fused-ring (bicyclic) bond motifs is 2. The number of nitrogens with zero attached hydrogens (tertiary/aromatic N) is 6. The van der Waals surface area contributed by atoms with E-state index in [-0.39, 0.29) is 53.9 Å². The zero-order valence-corrected chi connectivity index (χ0v) is 30.7. The standard InChI is InChI=1S/C30H45ClN7O10P/c1-9-11-13-42-49(40,43-14-12-10-2)26(24-37-36-17(3)44-24)41-15-18-20-21(47-30(7,8)46-20)25(45-18)38-16-32-19-22(33-27(31)35-23(19)38)34-28(39)48-29(4,5)6/h16,18,20-21,25-26H,9-15H2,1-8H3,(H,33,34,35,39)/t18-,20-,21-,25-,26?/m1/s1. The molecular weight excluding hydrogens is 685 g/mol. The van der Waals surface area contributed by atoms with Crippen LogP contribution < -0.4 is 5.32 Å². The largest absolute Gasteiger partial charge is 0.444 e. The fourth-order valence-electron chi connectivity index (χ4n) is 5.32. The van der Waals surface area contributed by atoms with Crippen molar-refractivity contribution in [2.24, 2.45) is 0 Å². The van der Waals surface area contributed by atoms with Crippen molar-refractivity contribution in [1.29, 1.82) is 0 Å². The van der Waals surface area contributed by atoms with E-state index in [1.54, 1.807) is 46.1 Å². The lowest BCUT2D eigenvalue weighted by molar-refractivity contribution is -0.202. The summed E-state index contributed by atoms with van der Waals surface area (Å²) in [5, 5.41) is 10.5. The molecule has 3 aromatic rings. The summed E-state index contributed by atoms with van der Waals surface area (Å²) in [6, 6.07) is 0. The lowest BCUT2D eigenvalue weighted by atomic mass is 10.1. The van der Waals surface area contributed by atoms with Gasteiger partial charge in [-0.25, -0.2) is 9.78 Å². The van der Waals surface area contributed by atoms with Crippen LogP contribution in [-0.4, -0.2) is 85.3 Å². The molecule has 2 saturated heterocycles. The average molecular weight is 730 g/mol. The summed E-state index contributed by atoms with van der Waals surface area (Å²) in [5.41, 5.74) is -0.231. The third-order valence-corrected chi connectivity index (χ3v) is 9.61. The highest BCUT2D eigenvalue weighted by Crippen LogP contribution is 2.62. The molecule has 0 aliphatic carbocycles. The van der Waals surface area contributed by atoms with Gasteiger partial charge >= 0.3 is 13.7 Å². The molecule has 1 amide bonds. The molecule has 1 N–H and O–H groups in total. The van der Waals surface area contributed by atoms with Crippen molar-refractivity contribution < 1.29 is 46.5 Å². The smallest absolute Gasteiger partial charge is 0.413 e. The van der Waals surface area contributed by atoms with Crippen LogP contribution in [0.4, 0.5) is 10.6 Å². The molecule has 49 heavy (non-hydrogen) atoms.